The van der Waals surface area contributed by atoms with Gasteiger partial charge in [-0.3, -0.25) is 0 Å². The second kappa shape index (κ2) is 4.88. The molecule has 0 saturated carbocycles. The smallest absolute Gasteiger partial charge is 0.226 e. The highest BCUT2D eigenvalue weighted by atomic mass is 16.5. The molecule has 0 aliphatic heterocycles. The Hall–Kier alpha value is -2.10. The monoisotopic (exact) mass is 255 g/mol. The highest BCUT2D eigenvalue weighted by Gasteiger charge is 2.18. The highest BCUT2D eigenvalue weighted by Crippen LogP contribution is 2.32. The third-order valence-electron chi connectivity index (χ3n) is 3.38. The van der Waals surface area contributed by atoms with E-state index in [9.17, 15) is 0 Å². The number of aromatic nitrogens is 2. The molecule has 2 N–H and O–H groups in total. The number of rotatable bonds is 2. The highest BCUT2D eigenvalue weighted by molar-refractivity contribution is 5.53. The number of hydrogen-bond acceptors (Lipinski definition) is 4. The third kappa shape index (κ3) is 2.38. The van der Waals surface area contributed by atoms with Gasteiger partial charge in [-0.25, -0.2) is 4.98 Å². The van der Waals surface area contributed by atoms with E-state index in [2.05, 4.69) is 9.97 Å². The first-order valence-corrected chi connectivity index (χ1v) is 6.63. The fourth-order valence-electron chi connectivity index (χ4n) is 2.44. The summed E-state index contributed by atoms with van der Waals surface area (Å²) in [6.45, 7) is 1.90. The molecule has 19 heavy (non-hydrogen) atoms. The average molecular weight is 255 g/mol. The topological polar surface area (TPSA) is 61.0 Å². The molecule has 4 heteroatoms. The summed E-state index contributed by atoms with van der Waals surface area (Å²) in [5.74, 6) is 2.08. The zero-order chi connectivity index (χ0) is 13.2. The molecular weight excluding hydrogens is 238 g/mol. The summed E-state index contributed by atoms with van der Waals surface area (Å²) < 4.78 is 5.91. The molecular formula is C15H17N3O. The molecule has 1 aromatic heterocycles. The zero-order valence-corrected chi connectivity index (χ0v) is 11.0. The van der Waals surface area contributed by atoms with Crippen molar-refractivity contribution < 1.29 is 4.74 Å². The number of anilines is 1. The van der Waals surface area contributed by atoms with E-state index in [1.807, 2.05) is 31.2 Å². The van der Waals surface area contributed by atoms with Crippen LogP contribution in [0.25, 0.3) is 0 Å². The van der Waals surface area contributed by atoms with Gasteiger partial charge in [0.1, 0.15) is 5.82 Å². The van der Waals surface area contributed by atoms with Gasteiger partial charge in [0, 0.05) is 5.56 Å². The second-order valence-electron chi connectivity index (χ2n) is 4.85. The van der Waals surface area contributed by atoms with Crippen molar-refractivity contribution in [3.05, 3.63) is 41.3 Å². The number of aryl methyl sites for hydroxylation is 2. The maximum Gasteiger partial charge on any atom is 0.226 e. The minimum Gasteiger partial charge on any atom is -0.436 e. The molecule has 0 saturated heterocycles. The Morgan fingerprint density at radius 1 is 1.11 bits per heavy atom. The molecule has 1 aromatic carbocycles. The van der Waals surface area contributed by atoms with E-state index in [1.165, 1.54) is 12.8 Å². The van der Waals surface area contributed by atoms with Crippen LogP contribution in [0.2, 0.25) is 0 Å². The molecule has 3 rings (SSSR count). The minimum atomic E-state index is 0.628. The summed E-state index contributed by atoms with van der Waals surface area (Å²) in [5.41, 5.74) is 8.81. The predicted molar refractivity (Wildman–Crippen MR) is 74.3 cm³/mol. The number of nitrogens with two attached hydrogens (primary N) is 1. The summed E-state index contributed by atoms with van der Waals surface area (Å²) in [6.07, 6.45) is 4.35. The lowest BCUT2D eigenvalue weighted by Crippen LogP contribution is -2.10. The van der Waals surface area contributed by atoms with Crippen LogP contribution in [0, 0.1) is 6.92 Å². The number of nitrogen functional groups attached to an aromatic ring is 1. The second-order valence-corrected chi connectivity index (χ2v) is 4.85. The van der Waals surface area contributed by atoms with Crippen molar-refractivity contribution in [1.82, 2.24) is 9.97 Å². The van der Waals surface area contributed by atoms with Gasteiger partial charge >= 0.3 is 0 Å². The quantitative estimate of drug-likeness (QED) is 0.838. The van der Waals surface area contributed by atoms with Crippen molar-refractivity contribution >= 4 is 5.69 Å². The van der Waals surface area contributed by atoms with E-state index >= 15 is 0 Å². The zero-order valence-electron chi connectivity index (χ0n) is 11.0. The molecule has 0 fully saturated rings. The molecule has 0 amide bonds. The summed E-state index contributed by atoms with van der Waals surface area (Å²) in [4.78, 5) is 8.95. The van der Waals surface area contributed by atoms with Gasteiger partial charge in [0.25, 0.3) is 0 Å². The van der Waals surface area contributed by atoms with Gasteiger partial charge in [0.2, 0.25) is 5.88 Å². The molecule has 4 nitrogen and oxygen atoms in total. The first-order valence-electron chi connectivity index (χ1n) is 6.63. The molecule has 0 atom stereocenters. The summed E-state index contributed by atoms with van der Waals surface area (Å²) >= 11 is 0. The van der Waals surface area contributed by atoms with Crippen LogP contribution >= 0.6 is 0 Å². The van der Waals surface area contributed by atoms with Gasteiger partial charge in [-0.05, 0) is 44.7 Å². The van der Waals surface area contributed by atoms with Gasteiger partial charge in [-0.1, -0.05) is 12.1 Å². The molecule has 2 aromatic rings. The standard InChI is InChI=1S/C15H17N3O/c1-10-17-13-8-4-2-6-11(13)15(18-10)19-14-9-5-3-7-12(14)16/h3,5,7,9H,2,4,6,8,16H2,1H3. The van der Waals surface area contributed by atoms with E-state index in [-0.39, 0.29) is 0 Å². The molecule has 1 aliphatic rings. The fourth-order valence-corrected chi connectivity index (χ4v) is 2.44. The lowest BCUT2D eigenvalue weighted by atomic mass is 9.97. The van der Waals surface area contributed by atoms with Gasteiger partial charge in [0.05, 0.1) is 11.4 Å². The van der Waals surface area contributed by atoms with Crippen LogP contribution in [0.5, 0.6) is 11.6 Å². The van der Waals surface area contributed by atoms with E-state index < -0.39 is 0 Å². The van der Waals surface area contributed by atoms with Gasteiger partial charge in [-0.2, -0.15) is 4.98 Å². The molecule has 0 bridgehead atoms. The lowest BCUT2D eigenvalue weighted by molar-refractivity contribution is 0.447. The Balaban J connectivity index is 2.01. The van der Waals surface area contributed by atoms with Crippen LogP contribution in [0.15, 0.2) is 24.3 Å². The Labute approximate surface area is 112 Å². The van der Waals surface area contributed by atoms with Crippen molar-refractivity contribution in [1.29, 1.82) is 0 Å². The molecule has 0 radical (unpaired) electrons. The van der Waals surface area contributed by atoms with Crippen molar-refractivity contribution in [3.8, 4) is 11.6 Å². The number of benzene rings is 1. The van der Waals surface area contributed by atoms with E-state index in [1.54, 1.807) is 0 Å². The molecule has 98 valence electrons. The van der Waals surface area contributed by atoms with Gasteiger partial charge in [-0.15, -0.1) is 0 Å². The van der Waals surface area contributed by atoms with Crippen LogP contribution in [0.3, 0.4) is 0 Å². The Morgan fingerprint density at radius 2 is 1.89 bits per heavy atom. The third-order valence-corrected chi connectivity index (χ3v) is 3.38. The molecule has 1 aliphatic carbocycles. The van der Waals surface area contributed by atoms with Gasteiger partial charge in [0.15, 0.2) is 5.75 Å². The number of hydrogen-bond donors (Lipinski definition) is 1. The SMILES string of the molecule is Cc1nc2c(c(Oc3ccccc3N)n1)CCCC2. The van der Waals surface area contributed by atoms with E-state index in [0.717, 1.165) is 29.9 Å². The summed E-state index contributed by atoms with van der Waals surface area (Å²) in [5, 5.41) is 0. The van der Waals surface area contributed by atoms with E-state index in [4.69, 9.17) is 10.5 Å². The molecule has 0 unspecified atom stereocenters. The largest absolute Gasteiger partial charge is 0.436 e. The fraction of sp³-hybridized carbons (Fsp3) is 0.333. The maximum atomic E-state index is 5.91. The minimum absolute atomic E-state index is 0.628. The van der Waals surface area contributed by atoms with Crippen molar-refractivity contribution in [2.75, 3.05) is 5.73 Å². The normalized spacial score (nSPS) is 13.9. The summed E-state index contributed by atoms with van der Waals surface area (Å²) in [7, 11) is 0. The van der Waals surface area contributed by atoms with Crippen molar-refractivity contribution in [2.45, 2.75) is 32.6 Å². The van der Waals surface area contributed by atoms with Gasteiger partial charge < -0.3 is 10.5 Å². The number of ether oxygens (including phenoxy) is 1. The van der Waals surface area contributed by atoms with Crippen molar-refractivity contribution in [3.63, 3.8) is 0 Å². The van der Waals surface area contributed by atoms with Crippen LogP contribution < -0.4 is 10.5 Å². The molecule has 1 heterocycles. The first-order chi connectivity index (χ1) is 9.24. The summed E-state index contributed by atoms with van der Waals surface area (Å²) in [6, 6.07) is 7.49. The van der Waals surface area contributed by atoms with Crippen LogP contribution in [0.4, 0.5) is 5.69 Å². The maximum absolute atomic E-state index is 5.91. The van der Waals surface area contributed by atoms with E-state index in [0.29, 0.717) is 17.3 Å². The van der Waals surface area contributed by atoms with Crippen LogP contribution in [-0.4, -0.2) is 9.97 Å². The van der Waals surface area contributed by atoms with Crippen molar-refractivity contribution in [2.24, 2.45) is 0 Å². The number of para-hydroxylation sites is 2. The van der Waals surface area contributed by atoms with Crippen LogP contribution in [0.1, 0.15) is 29.9 Å². The van der Waals surface area contributed by atoms with Crippen LogP contribution in [-0.2, 0) is 12.8 Å². The molecule has 0 spiro atoms. The Bertz CT molecular complexity index is 610. The predicted octanol–water partition coefficient (Wildman–Crippen LogP) is 3.04. The average Bonchev–Trinajstić information content (AvgIpc) is 2.41. The first kappa shape index (κ1) is 12.0. The number of fused-ring (bicyclic) bond motifs is 1. The lowest BCUT2D eigenvalue weighted by Gasteiger charge is -2.18. The number of nitrogens with zero attached hydrogens (tertiary/aromatic N) is 2. The Morgan fingerprint density at radius 3 is 2.74 bits per heavy atom. The Kier molecular flexibility index (Phi) is 3.07.